The molecule has 1 aliphatic rings. The second kappa shape index (κ2) is 8.05. The summed E-state index contributed by atoms with van der Waals surface area (Å²) in [5.74, 6) is 1.36. The molecule has 0 aromatic heterocycles. The molecule has 3 N–H and O–H groups in total. The van der Waals surface area contributed by atoms with Gasteiger partial charge in [-0.05, 0) is 54.0 Å². The highest BCUT2D eigenvalue weighted by molar-refractivity contribution is 7.80. The van der Waals surface area contributed by atoms with E-state index in [0.29, 0.717) is 41.3 Å². The molecular weight excluding hydrogens is 350 g/mol. The number of benzene rings is 2. The summed E-state index contributed by atoms with van der Waals surface area (Å²) in [6.07, 6.45) is 0. The molecule has 1 aliphatic heterocycles. The number of hydrazine groups is 1. The molecule has 1 amide bonds. The van der Waals surface area contributed by atoms with E-state index in [1.807, 2.05) is 24.3 Å². The number of carbonyl (C=O) groups is 1. The summed E-state index contributed by atoms with van der Waals surface area (Å²) in [6, 6.07) is 13.0. The first-order chi connectivity index (χ1) is 12.5. The molecule has 0 spiro atoms. The third kappa shape index (κ3) is 4.43. The van der Waals surface area contributed by atoms with Gasteiger partial charge in [0.1, 0.15) is 13.2 Å². The third-order valence-electron chi connectivity index (χ3n) is 3.93. The maximum atomic E-state index is 12.2. The number of thiocarbonyl (C=S) groups is 1. The molecule has 2 aromatic rings. The molecule has 0 unspecified atom stereocenters. The van der Waals surface area contributed by atoms with Gasteiger partial charge in [-0.15, -0.1) is 0 Å². The first-order valence-electron chi connectivity index (χ1n) is 8.40. The Morgan fingerprint density at radius 3 is 2.38 bits per heavy atom. The second-order valence-electron chi connectivity index (χ2n) is 6.17. The van der Waals surface area contributed by atoms with Gasteiger partial charge in [0.25, 0.3) is 5.91 Å². The van der Waals surface area contributed by atoms with Crippen molar-refractivity contribution in [3.8, 4) is 11.5 Å². The zero-order valence-electron chi connectivity index (χ0n) is 14.7. The van der Waals surface area contributed by atoms with Crippen molar-refractivity contribution in [2.75, 3.05) is 18.5 Å². The molecule has 2 aromatic carbocycles. The monoisotopic (exact) mass is 371 g/mol. The molecule has 1 heterocycles. The Hall–Kier alpha value is -2.80. The van der Waals surface area contributed by atoms with Crippen molar-refractivity contribution in [1.29, 1.82) is 0 Å². The van der Waals surface area contributed by atoms with Crippen molar-refractivity contribution in [3.05, 3.63) is 53.6 Å². The van der Waals surface area contributed by atoms with Crippen molar-refractivity contribution in [2.24, 2.45) is 0 Å². The minimum absolute atomic E-state index is 0.299. The molecule has 0 radical (unpaired) electrons. The van der Waals surface area contributed by atoms with Gasteiger partial charge < -0.3 is 14.8 Å². The van der Waals surface area contributed by atoms with E-state index in [1.165, 1.54) is 5.56 Å². The topological polar surface area (TPSA) is 71.6 Å². The Morgan fingerprint density at radius 2 is 1.69 bits per heavy atom. The van der Waals surface area contributed by atoms with Crippen molar-refractivity contribution < 1.29 is 14.3 Å². The number of hydrogen-bond donors (Lipinski definition) is 3. The lowest BCUT2D eigenvalue weighted by molar-refractivity contribution is 0.0943. The average Bonchev–Trinajstić information content (AvgIpc) is 2.66. The fourth-order valence-electron chi connectivity index (χ4n) is 2.48. The Balaban J connectivity index is 1.53. The maximum absolute atomic E-state index is 12.2. The van der Waals surface area contributed by atoms with Crippen LogP contribution < -0.4 is 25.6 Å². The van der Waals surface area contributed by atoms with Gasteiger partial charge in [-0.25, -0.2) is 0 Å². The number of ether oxygens (including phenoxy) is 2. The van der Waals surface area contributed by atoms with Gasteiger partial charge in [0.2, 0.25) is 0 Å². The highest BCUT2D eigenvalue weighted by Gasteiger charge is 2.15. The van der Waals surface area contributed by atoms with E-state index in [0.717, 1.165) is 5.69 Å². The molecule has 0 fully saturated rings. The van der Waals surface area contributed by atoms with Crippen LogP contribution in [0, 0.1) is 0 Å². The van der Waals surface area contributed by atoms with Crippen LogP contribution in [-0.4, -0.2) is 24.2 Å². The molecule has 0 bridgehead atoms. The fraction of sp³-hybridized carbons (Fsp3) is 0.263. The predicted octanol–water partition coefficient (Wildman–Crippen LogP) is 3.21. The number of rotatable bonds is 3. The Kier molecular flexibility index (Phi) is 5.58. The van der Waals surface area contributed by atoms with E-state index < -0.39 is 0 Å². The van der Waals surface area contributed by atoms with Gasteiger partial charge in [-0.1, -0.05) is 26.0 Å². The molecule has 7 heteroatoms. The number of fused-ring (bicyclic) bond motifs is 1. The van der Waals surface area contributed by atoms with Crippen LogP contribution in [0.2, 0.25) is 0 Å². The molecule has 26 heavy (non-hydrogen) atoms. The molecule has 136 valence electrons. The van der Waals surface area contributed by atoms with Crippen LogP contribution in [0.5, 0.6) is 11.5 Å². The number of hydrogen-bond acceptors (Lipinski definition) is 4. The highest BCUT2D eigenvalue weighted by Crippen LogP contribution is 2.30. The Bertz CT molecular complexity index is 806. The summed E-state index contributed by atoms with van der Waals surface area (Å²) in [5, 5.41) is 3.32. The summed E-state index contributed by atoms with van der Waals surface area (Å²) in [6.45, 7) is 5.27. The SMILES string of the molecule is CC(C)c1ccc(NC(=S)NNC(=O)c2ccc3c(c2)OCCO3)cc1. The highest BCUT2D eigenvalue weighted by atomic mass is 32.1. The van der Waals surface area contributed by atoms with Crippen LogP contribution in [0.4, 0.5) is 5.69 Å². The summed E-state index contributed by atoms with van der Waals surface area (Å²) in [4.78, 5) is 12.2. The number of nitrogens with one attached hydrogen (secondary N) is 3. The molecule has 0 aliphatic carbocycles. The van der Waals surface area contributed by atoms with Gasteiger partial charge >= 0.3 is 0 Å². The van der Waals surface area contributed by atoms with Gasteiger partial charge in [0, 0.05) is 11.3 Å². The first-order valence-corrected chi connectivity index (χ1v) is 8.80. The predicted molar refractivity (Wildman–Crippen MR) is 105 cm³/mol. The Labute approximate surface area is 157 Å². The van der Waals surface area contributed by atoms with Crippen molar-refractivity contribution in [2.45, 2.75) is 19.8 Å². The summed E-state index contributed by atoms with van der Waals surface area (Å²) in [5.41, 5.74) is 7.81. The zero-order chi connectivity index (χ0) is 18.5. The van der Waals surface area contributed by atoms with Gasteiger partial charge in [-0.3, -0.25) is 15.6 Å². The molecule has 6 nitrogen and oxygen atoms in total. The molecule has 3 rings (SSSR count). The van der Waals surface area contributed by atoms with E-state index in [9.17, 15) is 4.79 Å². The standard InChI is InChI=1S/C19H21N3O3S/c1-12(2)13-3-6-15(7-4-13)20-19(26)22-21-18(23)14-5-8-16-17(11-14)25-10-9-24-16/h3-8,11-12H,9-10H2,1-2H3,(H,21,23)(H2,20,22,26). The molecular formula is C19H21N3O3S. The van der Waals surface area contributed by atoms with E-state index in [1.54, 1.807) is 18.2 Å². The van der Waals surface area contributed by atoms with Crippen LogP contribution in [0.15, 0.2) is 42.5 Å². The summed E-state index contributed by atoms with van der Waals surface area (Å²) in [7, 11) is 0. The van der Waals surface area contributed by atoms with E-state index >= 15 is 0 Å². The quantitative estimate of drug-likeness (QED) is 0.568. The van der Waals surface area contributed by atoms with Gasteiger partial charge in [0.05, 0.1) is 0 Å². The summed E-state index contributed by atoms with van der Waals surface area (Å²) < 4.78 is 10.9. The first kappa shape index (κ1) is 18.0. The zero-order valence-corrected chi connectivity index (χ0v) is 15.5. The van der Waals surface area contributed by atoms with Crippen LogP contribution in [0.1, 0.15) is 35.7 Å². The molecule has 0 atom stereocenters. The van der Waals surface area contributed by atoms with E-state index in [4.69, 9.17) is 21.7 Å². The number of anilines is 1. The van der Waals surface area contributed by atoms with Crippen LogP contribution in [0.25, 0.3) is 0 Å². The summed E-state index contributed by atoms with van der Waals surface area (Å²) >= 11 is 5.20. The van der Waals surface area contributed by atoms with Crippen molar-refractivity contribution >= 4 is 28.9 Å². The van der Waals surface area contributed by atoms with E-state index in [2.05, 4.69) is 30.0 Å². The van der Waals surface area contributed by atoms with Crippen molar-refractivity contribution in [1.82, 2.24) is 10.9 Å². The fourth-order valence-corrected chi connectivity index (χ4v) is 2.65. The maximum Gasteiger partial charge on any atom is 0.269 e. The number of carbonyl (C=O) groups excluding carboxylic acids is 1. The Morgan fingerprint density at radius 1 is 1.00 bits per heavy atom. The molecule has 0 saturated heterocycles. The smallest absolute Gasteiger partial charge is 0.269 e. The number of amides is 1. The lowest BCUT2D eigenvalue weighted by atomic mass is 10.0. The lowest BCUT2D eigenvalue weighted by Gasteiger charge is -2.19. The van der Waals surface area contributed by atoms with E-state index in [-0.39, 0.29) is 5.91 Å². The second-order valence-corrected chi connectivity index (χ2v) is 6.58. The van der Waals surface area contributed by atoms with Crippen molar-refractivity contribution in [3.63, 3.8) is 0 Å². The third-order valence-corrected chi connectivity index (χ3v) is 4.13. The van der Waals surface area contributed by atoms with Crippen LogP contribution >= 0.6 is 12.2 Å². The minimum Gasteiger partial charge on any atom is -0.486 e. The minimum atomic E-state index is -0.318. The largest absolute Gasteiger partial charge is 0.486 e. The van der Waals surface area contributed by atoms with Crippen LogP contribution in [0.3, 0.4) is 0 Å². The molecule has 0 saturated carbocycles. The lowest BCUT2D eigenvalue weighted by Crippen LogP contribution is -2.43. The van der Waals surface area contributed by atoms with Crippen LogP contribution in [-0.2, 0) is 0 Å². The normalized spacial score (nSPS) is 12.4. The van der Waals surface area contributed by atoms with Gasteiger partial charge in [-0.2, -0.15) is 0 Å². The average molecular weight is 371 g/mol. The van der Waals surface area contributed by atoms with Gasteiger partial charge in [0.15, 0.2) is 16.6 Å².